The molecule has 2 aliphatic heterocycles. The monoisotopic (exact) mass is 454 g/mol. The molecule has 2 aliphatic rings. The number of aryl methyl sites for hydroxylation is 1. The first kappa shape index (κ1) is 23.3. The van der Waals surface area contributed by atoms with Crippen LogP contribution in [0, 0.1) is 18.8 Å². The molecule has 3 heterocycles. The molecule has 2 aromatic rings. The Bertz CT molecular complexity index is 1020. The molecular weight excluding hydrogens is 416 g/mol. The van der Waals surface area contributed by atoms with E-state index in [0.717, 1.165) is 30.1 Å². The zero-order valence-corrected chi connectivity index (χ0v) is 21.5. The molecule has 0 spiro atoms. The lowest BCUT2D eigenvalue weighted by molar-refractivity contribution is 0.0327. The van der Waals surface area contributed by atoms with Crippen LogP contribution < -0.4 is 0 Å². The fourth-order valence-corrected chi connectivity index (χ4v) is 6.56. The summed E-state index contributed by atoms with van der Waals surface area (Å²) in [7, 11) is 2.24. The van der Waals surface area contributed by atoms with Crippen molar-refractivity contribution >= 4 is 33.2 Å². The molecule has 1 aromatic carbocycles. The van der Waals surface area contributed by atoms with Crippen molar-refractivity contribution in [1.82, 2.24) is 9.80 Å². The van der Waals surface area contributed by atoms with Crippen LogP contribution in [0.1, 0.15) is 69.4 Å². The molecule has 174 valence electrons. The molecule has 0 aliphatic carbocycles. The van der Waals surface area contributed by atoms with Crippen LogP contribution in [0.4, 0.5) is 4.79 Å². The number of thiophene rings is 1. The number of ether oxygens (including phenoxy) is 1. The summed E-state index contributed by atoms with van der Waals surface area (Å²) >= 11 is 1.95. The van der Waals surface area contributed by atoms with E-state index in [1.165, 1.54) is 33.5 Å². The van der Waals surface area contributed by atoms with Crippen molar-refractivity contribution in [3.8, 4) is 0 Å². The maximum Gasteiger partial charge on any atom is 0.414 e. The number of hydrogen-bond acceptors (Lipinski definition) is 4. The number of benzene rings is 1. The number of rotatable bonds is 2. The van der Waals surface area contributed by atoms with E-state index in [0.29, 0.717) is 18.4 Å². The number of likely N-dealkylation sites (tertiary alicyclic amines) is 1. The highest BCUT2D eigenvalue weighted by molar-refractivity contribution is 7.19. The Morgan fingerprint density at radius 1 is 1.12 bits per heavy atom. The Morgan fingerprint density at radius 3 is 2.56 bits per heavy atom. The first-order valence-electron chi connectivity index (χ1n) is 11.9. The quantitative estimate of drug-likeness (QED) is 0.496. The van der Waals surface area contributed by atoms with Crippen LogP contribution >= 0.6 is 11.3 Å². The molecule has 0 saturated carbocycles. The van der Waals surface area contributed by atoms with Crippen molar-refractivity contribution in [2.45, 2.75) is 65.9 Å². The van der Waals surface area contributed by atoms with E-state index in [4.69, 9.17) is 4.74 Å². The van der Waals surface area contributed by atoms with Gasteiger partial charge in [0.25, 0.3) is 0 Å². The van der Waals surface area contributed by atoms with Crippen LogP contribution in [-0.2, 0) is 4.74 Å². The highest BCUT2D eigenvalue weighted by Crippen LogP contribution is 2.41. The summed E-state index contributed by atoms with van der Waals surface area (Å²) in [6.07, 6.45) is 4.20. The Morgan fingerprint density at radius 2 is 1.88 bits per heavy atom. The minimum atomic E-state index is -0.504. The molecule has 4 rings (SSSR count). The summed E-state index contributed by atoms with van der Waals surface area (Å²) in [5, 5.41) is 1.33. The van der Waals surface area contributed by atoms with Gasteiger partial charge >= 0.3 is 6.09 Å². The maximum atomic E-state index is 13.0. The van der Waals surface area contributed by atoms with E-state index < -0.39 is 5.60 Å². The number of piperidine rings is 1. The second-order valence-corrected chi connectivity index (χ2v) is 12.2. The molecule has 1 amide bonds. The average molecular weight is 455 g/mol. The van der Waals surface area contributed by atoms with Gasteiger partial charge in [-0.2, -0.15) is 0 Å². The van der Waals surface area contributed by atoms with Crippen LogP contribution in [0.3, 0.4) is 0 Å². The normalized spacial score (nSPS) is 25.2. The fourth-order valence-electron chi connectivity index (χ4n) is 5.27. The van der Waals surface area contributed by atoms with Crippen molar-refractivity contribution in [1.29, 1.82) is 0 Å². The van der Waals surface area contributed by atoms with Gasteiger partial charge in [0.1, 0.15) is 5.60 Å². The van der Waals surface area contributed by atoms with E-state index in [9.17, 15) is 4.79 Å². The number of amides is 1. The lowest BCUT2D eigenvalue weighted by Gasteiger charge is -2.34. The zero-order valence-electron chi connectivity index (χ0n) is 20.7. The predicted molar refractivity (Wildman–Crippen MR) is 135 cm³/mol. The molecule has 1 aromatic heterocycles. The van der Waals surface area contributed by atoms with Gasteiger partial charge in [0, 0.05) is 35.1 Å². The summed E-state index contributed by atoms with van der Waals surface area (Å²) in [5.74, 6) is 1.77. The Hall–Kier alpha value is -1.85. The largest absolute Gasteiger partial charge is 0.443 e. The van der Waals surface area contributed by atoms with Gasteiger partial charge in [0.2, 0.25) is 0 Å². The van der Waals surface area contributed by atoms with Crippen LogP contribution in [0.25, 0.3) is 15.8 Å². The number of carbonyl (C=O) groups is 1. The van der Waals surface area contributed by atoms with Gasteiger partial charge in [-0.1, -0.05) is 26.0 Å². The minimum Gasteiger partial charge on any atom is -0.443 e. The lowest BCUT2D eigenvalue weighted by Crippen LogP contribution is -2.39. The van der Waals surface area contributed by atoms with Crippen molar-refractivity contribution in [2.75, 3.05) is 26.7 Å². The van der Waals surface area contributed by atoms with Gasteiger partial charge in [-0.15, -0.1) is 11.3 Å². The van der Waals surface area contributed by atoms with Crippen LogP contribution in [0.15, 0.2) is 24.3 Å². The van der Waals surface area contributed by atoms with E-state index in [1.54, 1.807) is 0 Å². The molecular formula is C27H38N2O2S. The van der Waals surface area contributed by atoms with Gasteiger partial charge in [-0.3, -0.25) is 4.90 Å². The Balaban J connectivity index is 1.68. The minimum absolute atomic E-state index is 0.252. The van der Waals surface area contributed by atoms with E-state index in [-0.39, 0.29) is 6.09 Å². The fraction of sp³-hybridized carbons (Fsp3) is 0.593. The third kappa shape index (κ3) is 4.89. The topological polar surface area (TPSA) is 32.8 Å². The number of allylic oxidation sites excluding steroid dienone is 1. The van der Waals surface area contributed by atoms with E-state index in [1.807, 2.05) is 37.0 Å². The van der Waals surface area contributed by atoms with Crippen LogP contribution in [0.5, 0.6) is 0 Å². The SMILES string of the molecule is Cc1c(C2CC(C)CN(C)C2)sc2ccc(C3=CC[C@H](C)CN3C(=O)OC(C)(C)C)cc12. The number of carbonyl (C=O) groups excluding carboxylic acids is 1. The first-order chi connectivity index (χ1) is 15.0. The molecule has 0 radical (unpaired) electrons. The van der Waals surface area contributed by atoms with Gasteiger partial charge in [0.05, 0.1) is 5.70 Å². The second-order valence-electron chi connectivity index (χ2n) is 11.1. The van der Waals surface area contributed by atoms with Gasteiger partial charge in [-0.25, -0.2) is 4.79 Å². The summed E-state index contributed by atoms with van der Waals surface area (Å²) in [6, 6.07) is 6.71. The maximum absolute atomic E-state index is 13.0. The van der Waals surface area contributed by atoms with Crippen molar-refractivity contribution in [3.05, 3.63) is 40.3 Å². The standard InChI is InChI=1S/C27H38N2O2S/c1-17-8-10-23(29(15-17)26(30)31-27(4,5)6)20-9-11-24-22(13-20)19(3)25(32-24)21-12-18(2)14-28(7)16-21/h9-11,13,17-18,21H,8,12,14-16H2,1-7H3/t17-,18?,21?/m0/s1. The van der Waals surface area contributed by atoms with E-state index >= 15 is 0 Å². The van der Waals surface area contributed by atoms with Crippen molar-refractivity contribution in [2.24, 2.45) is 11.8 Å². The zero-order chi connectivity index (χ0) is 23.2. The molecule has 0 N–H and O–H groups in total. The second kappa shape index (κ2) is 8.83. The Labute approximate surface area is 197 Å². The third-order valence-electron chi connectivity index (χ3n) is 6.59. The van der Waals surface area contributed by atoms with Crippen LogP contribution in [0.2, 0.25) is 0 Å². The highest BCUT2D eigenvalue weighted by atomic mass is 32.1. The first-order valence-corrected chi connectivity index (χ1v) is 12.8. The smallest absolute Gasteiger partial charge is 0.414 e. The highest BCUT2D eigenvalue weighted by Gasteiger charge is 2.30. The molecule has 32 heavy (non-hydrogen) atoms. The van der Waals surface area contributed by atoms with E-state index in [2.05, 4.69) is 57.0 Å². The summed E-state index contributed by atoms with van der Waals surface area (Å²) in [5.41, 5.74) is 3.00. The summed E-state index contributed by atoms with van der Waals surface area (Å²) < 4.78 is 7.08. The van der Waals surface area contributed by atoms with Gasteiger partial charge < -0.3 is 9.64 Å². The summed E-state index contributed by atoms with van der Waals surface area (Å²) in [6.45, 7) is 15.6. The number of nitrogens with zero attached hydrogens (tertiary/aromatic N) is 2. The Kier molecular flexibility index (Phi) is 6.43. The van der Waals surface area contributed by atoms with Gasteiger partial charge in [0.15, 0.2) is 0 Å². The number of likely N-dealkylation sites (N-methyl/N-ethyl adjacent to an activating group) is 1. The average Bonchev–Trinajstić information content (AvgIpc) is 3.02. The molecule has 0 bridgehead atoms. The van der Waals surface area contributed by atoms with Crippen LogP contribution in [-0.4, -0.2) is 48.2 Å². The third-order valence-corrected chi connectivity index (χ3v) is 8.03. The summed E-state index contributed by atoms with van der Waals surface area (Å²) in [4.78, 5) is 18.8. The molecule has 1 fully saturated rings. The van der Waals surface area contributed by atoms with Crippen molar-refractivity contribution in [3.63, 3.8) is 0 Å². The lowest BCUT2D eigenvalue weighted by atomic mass is 9.88. The predicted octanol–water partition coefficient (Wildman–Crippen LogP) is 6.88. The molecule has 2 unspecified atom stereocenters. The molecule has 4 nitrogen and oxygen atoms in total. The number of fused-ring (bicyclic) bond motifs is 1. The van der Waals surface area contributed by atoms with Gasteiger partial charge in [-0.05, 0) is 88.1 Å². The number of hydrogen-bond donors (Lipinski definition) is 0. The molecule has 5 heteroatoms. The molecule has 1 saturated heterocycles. The van der Waals surface area contributed by atoms with Crippen molar-refractivity contribution < 1.29 is 9.53 Å². The molecule has 3 atom stereocenters.